The Bertz CT molecular complexity index is 977. The van der Waals surface area contributed by atoms with Crippen molar-refractivity contribution in [1.82, 2.24) is 25.1 Å². The lowest BCUT2D eigenvalue weighted by Gasteiger charge is -2.09. The predicted molar refractivity (Wildman–Crippen MR) is 117 cm³/mol. The van der Waals surface area contributed by atoms with Gasteiger partial charge in [-0.15, -0.1) is 0 Å². The Labute approximate surface area is 179 Å². The van der Waals surface area contributed by atoms with Gasteiger partial charge in [-0.05, 0) is 24.0 Å². The van der Waals surface area contributed by atoms with Gasteiger partial charge >= 0.3 is 0 Å². The Hall–Kier alpha value is -2.85. The lowest BCUT2D eigenvalue weighted by Crippen LogP contribution is -2.28. The fraction of sp³-hybridized carbons (Fsp3) is 0.400. The van der Waals surface area contributed by atoms with Crippen LogP contribution in [-0.2, 0) is 22.5 Å². The van der Waals surface area contributed by atoms with Gasteiger partial charge in [-0.3, -0.25) is 4.79 Å². The third-order valence-electron chi connectivity index (χ3n) is 4.43. The van der Waals surface area contributed by atoms with E-state index >= 15 is 0 Å². The molecule has 0 saturated carbocycles. The van der Waals surface area contributed by atoms with Crippen molar-refractivity contribution in [2.45, 2.75) is 18.1 Å². The molecule has 0 aliphatic heterocycles. The molecule has 0 spiro atoms. The SMILES string of the molecule is COCCNc1nc(SC)nc2c1cnn2CCNC(=O)Cc1ccc(OC)cc1. The highest BCUT2D eigenvalue weighted by molar-refractivity contribution is 7.98. The van der Waals surface area contributed by atoms with Crippen LogP contribution in [0.5, 0.6) is 5.75 Å². The monoisotopic (exact) mass is 430 g/mol. The molecule has 0 unspecified atom stereocenters. The molecule has 3 aromatic rings. The standard InChI is InChI=1S/C20H26N6O3S/c1-28-11-9-22-18-16-13-23-26(19(16)25-20(24-18)30-3)10-8-21-17(27)12-14-4-6-15(29-2)7-5-14/h4-7,13H,8-12H2,1-3H3,(H,21,27)(H,22,24,25). The van der Waals surface area contributed by atoms with Crippen molar-refractivity contribution in [2.24, 2.45) is 0 Å². The van der Waals surface area contributed by atoms with Gasteiger partial charge in [-0.1, -0.05) is 23.9 Å². The summed E-state index contributed by atoms with van der Waals surface area (Å²) < 4.78 is 12.0. The Morgan fingerprint density at radius 3 is 2.67 bits per heavy atom. The summed E-state index contributed by atoms with van der Waals surface area (Å²) in [6.07, 6.45) is 3.99. The largest absolute Gasteiger partial charge is 0.497 e. The molecule has 0 radical (unpaired) electrons. The van der Waals surface area contributed by atoms with E-state index in [0.29, 0.717) is 37.8 Å². The van der Waals surface area contributed by atoms with Gasteiger partial charge in [-0.2, -0.15) is 5.10 Å². The Morgan fingerprint density at radius 1 is 1.17 bits per heavy atom. The highest BCUT2D eigenvalue weighted by Gasteiger charge is 2.13. The maximum Gasteiger partial charge on any atom is 0.224 e. The molecule has 0 aliphatic carbocycles. The fourth-order valence-corrected chi connectivity index (χ4v) is 3.25. The minimum Gasteiger partial charge on any atom is -0.497 e. The van der Waals surface area contributed by atoms with Crippen LogP contribution in [0.1, 0.15) is 5.56 Å². The summed E-state index contributed by atoms with van der Waals surface area (Å²) in [5.74, 6) is 1.46. The maximum absolute atomic E-state index is 12.2. The van der Waals surface area contributed by atoms with Gasteiger partial charge in [-0.25, -0.2) is 14.6 Å². The van der Waals surface area contributed by atoms with Crippen LogP contribution in [-0.4, -0.2) is 65.8 Å². The molecule has 0 saturated heterocycles. The van der Waals surface area contributed by atoms with Gasteiger partial charge in [0.15, 0.2) is 10.8 Å². The van der Waals surface area contributed by atoms with E-state index in [1.54, 1.807) is 25.1 Å². The van der Waals surface area contributed by atoms with E-state index in [9.17, 15) is 4.79 Å². The molecular weight excluding hydrogens is 404 g/mol. The molecule has 1 aromatic carbocycles. The van der Waals surface area contributed by atoms with Crippen molar-refractivity contribution in [3.05, 3.63) is 36.0 Å². The van der Waals surface area contributed by atoms with Crippen LogP contribution in [0.2, 0.25) is 0 Å². The Balaban J connectivity index is 1.61. The number of aromatic nitrogens is 4. The lowest BCUT2D eigenvalue weighted by atomic mass is 10.1. The molecule has 2 aromatic heterocycles. The topological polar surface area (TPSA) is 103 Å². The highest BCUT2D eigenvalue weighted by Crippen LogP contribution is 2.23. The zero-order chi connectivity index (χ0) is 21.3. The van der Waals surface area contributed by atoms with Crippen molar-refractivity contribution < 1.29 is 14.3 Å². The summed E-state index contributed by atoms with van der Waals surface area (Å²) >= 11 is 1.47. The molecule has 30 heavy (non-hydrogen) atoms. The van der Waals surface area contributed by atoms with E-state index in [1.807, 2.05) is 30.5 Å². The average Bonchev–Trinajstić information content (AvgIpc) is 3.17. The van der Waals surface area contributed by atoms with Gasteiger partial charge < -0.3 is 20.1 Å². The highest BCUT2D eigenvalue weighted by atomic mass is 32.2. The van der Waals surface area contributed by atoms with Crippen LogP contribution < -0.4 is 15.4 Å². The van der Waals surface area contributed by atoms with E-state index in [2.05, 4.69) is 25.7 Å². The molecule has 2 heterocycles. The van der Waals surface area contributed by atoms with Crippen LogP contribution in [0.15, 0.2) is 35.6 Å². The van der Waals surface area contributed by atoms with E-state index in [0.717, 1.165) is 28.2 Å². The third-order valence-corrected chi connectivity index (χ3v) is 4.97. The average molecular weight is 431 g/mol. The van der Waals surface area contributed by atoms with Gasteiger partial charge in [0, 0.05) is 20.2 Å². The number of nitrogens with zero attached hydrogens (tertiary/aromatic N) is 4. The Kier molecular flexibility index (Phi) is 7.86. The van der Waals surface area contributed by atoms with E-state index in [4.69, 9.17) is 9.47 Å². The smallest absolute Gasteiger partial charge is 0.224 e. The summed E-state index contributed by atoms with van der Waals surface area (Å²) in [5, 5.41) is 12.1. The van der Waals surface area contributed by atoms with Crippen LogP contribution >= 0.6 is 11.8 Å². The second-order valence-corrected chi connectivity index (χ2v) is 7.23. The minimum absolute atomic E-state index is 0.0435. The van der Waals surface area contributed by atoms with Gasteiger partial charge in [0.05, 0.1) is 38.3 Å². The van der Waals surface area contributed by atoms with Crippen molar-refractivity contribution in [3.8, 4) is 5.75 Å². The van der Waals surface area contributed by atoms with Crippen molar-refractivity contribution in [2.75, 3.05) is 45.5 Å². The fourth-order valence-electron chi connectivity index (χ4n) is 2.89. The number of hydrogen-bond donors (Lipinski definition) is 2. The van der Waals surface area contributed by atoms with Crippen LogP contribution in [0.25, 0.3) is 11.0 Å². The quantitative estimate of drug-likeness (QED) is 0.270. The van der Waals surface area contributed by atoms with E-state index < -0.39 is 0 Å². The molecule has 0 bridgehead atoms. The normalized spacial score (nSPS) is 10.9. The number of rotatable bonds is 11. The van der Waals surface area contributed by atoms with Crippen LogP contribution in [0.3, 0.4) is 0 Å². The van der Waals surface area contributed by atoms with Crippen molar-refractivity contribution >= 4 is 34.5 Å². The number of benzene rings is 1. The summed E-state index contributed by atoms with van der Waals surface area (Å²) in [7, 11) is 3.28. The molecule has 0 fully saturated rings. The number of anilines is 1. The summed E-state index contributed by atoms with van der Waals surface area (Å²) in [4.78, 5) is 21.3. The second kappa shape index (κ2) is 10.8. The summed E-state index contributed by atoms with van der Waals surface area (Å²) in [5.41, 5.74) is 1.67. The van der Waals surface area contributed by atoms with E-state index in [-0.39, 0.29) is 5.91 Å². The number of amides is 1. The van der Waals surface area contributed by atoms with Crippen LogP contribution in [0, 0.1) is 0 Å². The molecule has 0 atom stereocenters. The van der Waals surface area contributed by atoms with Crippen LogP contribution in [0.4, 0.5) is 5.82 Å². The second-order valence-electron chi connectivity index (χ2n) is 6.46. The molecule has 0 aliphatic rings. The number of methoxy groups -OCH3 is 2. The van der Waals surface area contributed by atoms with Gasteiger partial charge in [0.1, 0.15) is 11.6 Å². The zero-order valence-electron chi connectivity index (χ0n) is 17.3. The number of ether oxygens (including phenoxy) is 2. The molecule has 160 valence electrons. The zero-order valence-corrected chi connectivity index (χ0v) is 18.2. The number of hydrogen-bond acceptors (Lipinski definition) is 8. The van der Waals surface area contributed by atoms with Gasteiger partial charge in [0.2, 0.25) is 5.91 Å². The molecule has 3 rings (SSSR count). The Morgan fingerprint density at radius 2 is 1.97 bits per heavy atom. The molecule has 2 N–H and O–H groups in total. The van der Waals surface area contributed by atoms with Gasteiger partial charge in [0.25, 0.3) is 0 Å². The molecular formula is C20H26N6O3S. The molecule has 10 heteroatoms. The van der Waals surface area contributed by atoms with Crippen molar-refractivity contribution in [3.63, 3.8) is 0 Å². The predicted octanol–water partition coefficient (Wildman–Crippen LogP) is 1.97. The molecule has 1 amide bonds. The van der Waals surface area contributed by atoms with Crippen molar-refractivity contribution in [1.29, 1.82) is 0 Å². The number of fused-ring (bicyclic) bond motifs is 1. The van der Waals surface area contributed by atoms with E-state index in [1.165, 1.54) is 11.8 Å². The lowest BCUT2D eigenvalue weighted by molar-refractivity contribution is -0.120. The number of thioether (sulfide) groups is 1. The minimum atomic E-state index is -0.0435. The first-order valence-electron chi connectivity index (χ1n) is 9.54. The summed E-state index contributed by atoms with van der Waals surface area (Å²) in [6.45, 7) is 2.19. The number of nitrogens with one attached hydrogen (secondary N) is 2. The first-order valence-corrected chi connectivity index (χ1v) is 10.8. The number of carbonyl (C=O) groups is 1. The number of carbonyl (C=O) groups excluding carboxylic acids is 1. The molecule has 9 nitrogen and oxygen atoms in total. The third kappa shape index (κ3) is 5.61. The first-order chi connectivity index (χ1) is 14.6. The maximum atomic E-state index is 12.2. The summed E-state index contributed by atoms with van der Waals surface area (Å²) in [6, 6.07) is 7.47. The first kappa shape index (κ1) is 21.8.